The molecule has 94 valence electrons. The fourth-order valence-corrected chi connectivity index (χ4v) is 2.04. The Labute approximate surface area is 105 Å². The van der Waals surface area contributed by atoms with Gasteiger partial charge in [0.25, 0.3) is 0 Å². The third kappa shape index (κ3) is 4.03. The molecule has 2 unspecified atom stereocenters. The van der Waals surface area contributed by atoms with Crippen LogP contribution in [0.25, 0.3) is 0 Å². The lowest BCUT2D eigenvalue weighted by molar-refractivity contribution is -0.147. The number of hydrogen-bond acceptors (Lipinski definition) is 3. The Kier molecular flexibility index (Phi) is 6.31. The number of amides is 1. The van der Waals surface area contributed by atoms with Gasteiger partial charge in [0.1, 0.15) is 6.61 Å². The molecule has 1 heterocycles. The van der Waals surface area contributed by atoms with Crippen molar-refractivity contribution in [2.75, 3.05) is 31.7 Å². The van der Waals surface area contributed by atoms with Crippen LogP contribution in [0.2, 0.25) is 0 Å². The van der Waals surface area contributed by atoms with E-state index in [0.29, 0.717) is 19.8 Å². The summed E-state index contributed by atoms with van der Waals surface area (Å²) in [4.78, 5) is 13.7. The Balaban J connectivity index is 2.39. The van der Waals surface area contributed by atoms with Crippen molar-refractivity contribution >= 4 is 21.8 Å². The maximum atomic E-state index is 11.9. The minimum absolute atomic E-state index is 0.0650. The van der Waals surface area contributed by atoms with E-state index in [1.54, 1.807) is 0 Å². The molecule has 0 bridgehead atoms. The van der Waals surface area contributed by atoms with Gasteiger partial charge in [-0.25, -0.2) is 0 Å². The molecule has 1 saturated heterocycles. The normalized spacial score (nSPS) is 25.8. The minimum atomic E-state index is 0.0650. The molecule has 1 amide bonds. The minimum Gasteiger partial charge on any atom is -0.373 e. The van der Waals surface area contributed by atoms with Gasteiger partial charge in [-0.2, -0.15) is 0 Å². The number of alkyl halides is 1. The standard InChI is InChI=1S/C11H20BrNO3/c1-3-4-15-8-11(14)13-6-10(5-12)16-7-9(13)2/h9-10H,3-8H2,1-2H3. The van der Waals surface area contributed by atoms with E-state index >= 15 is 0 Å². The lowest BCUT2D eigenvalue weighted by Gasteiger charge is -2.37. The number of rotatable bonds is 5. The third-order valence-electron chi connectivity index (χ3n) is 2.57. The first-order valence-corrected chi connectivity index (χ1v) is 6.86. The van der Waals surface area contributed by atoms with E-state index < -0.39 is 0 Å². The summed E-state index contributed by atoms with van der Waals surface area (Å²) in [6.45, 7) is 6.13. The molecule has 5 heteroatoms. The summed E-state index contributed by atoms with van der Waals surface area (Å²) < 4.78 is 10.8. The molecule has 0 spiro atoms. The molecule has 16 heavy (non-hydrogen) atoms. The van der Waals surface area contributed by atoms with Crippen molar-refractivity contribution in [2.24, 2.45) is 0 Å². The van der Waals surface area contributed by atoms with Gasteiger partial charge in [-0.3, -0.25) is 4.79 Å². The lowest BCUT2D eigenvalue weighted by atomic mass is 10.2. The van der Waals surface area contributed by atoms with Gasteiger partial charge in [0.05, 0.1) is 18.8 Å². The van der Waals surface area contributed by atoms with E-state index in [-0.39, 0.29) is 24.7 Å². The van der Waals surface area contributed by atoms with Gasteiger partial charge in [0, 0.05) is 18.5 Å². The van der Waals surface area contributed by atoms with E-state index in [1.807, 2.05) is 18.7 Å². The average Bonchev–Trinajstić information content (AvgIpc) is 2.30. The molecule has 0 aromatic heterocycles. The van der Waals surface area contributed by atoms with Crippen LogP contribution in [0.5, 0.6) is 0 Å². The van der Waals surface area contributed by atoms with Crippen molar-refractivity contribution in [3.05, 3.63) is 0 Å². The van der Waals surface area contributed by atoms with Crippen molar-refractivity contribution in [1.82, 2.24) is 4.90 Å². The molecule has 1 rings (SSSR count). The third-order valence-corrected chi connectivity index (χ3v) is 3.29. The average molecular weight is 294 g/mol. The zero-order chi connectivity index (χ0) is 12.0. The van der Waals surface area contributed by atoms with Crippen molar-refractivity contribution in [3.8, 4) is 0 Å². The zero-order valence-electron chi connectivity index (χ0n) is 9.95. The highest BCUT2D eigenvalue weighted by Gasteiger charge is 2.28. The van der Waals surface area contributed by atoms with Crippen LogP contribution >= 0.6 is 15.9 Å². The van der Waals surface area contributed by atoms with E-state index in [2.05, 4.69) is 15.9 Å². The quantitative estimate of drug-likeness (QED) is 0.569. The largest absolute Gasteiger partial charge is 0.373 e. The van der Waals surface area contributed by atoms with Gasteiger partial charge in [-0.1, -0.05) is 22.9 Å². The maximum absolute atomic E-state index is 11.9. The molecule has 0 aromatic carbocycles. The molecule has 0 saturated carbocycles. The van der Waals surface area contributed by atoms with E-state index in [4.69, 9.17) is 9.47 Å². The summed E-state index contributed by atoms with van der Waals surface area (Å²) in [5, 5.41) is 0.763. The van der Waals surface area contributed by atoms with Crippen LogP contribution in [-0.4, -0.2) is 54.6 Å². The first-order chi connectivity index (χ1) is 7.69. The summed E-state index contributed by atoms with van der Waals surface area (Å²) in [7, 11) is 0. The summed E-state index contributed by atoms with van der Waals surface area (Å²) in [6.07, 6.45) is 1.04. The lowest BCUT2D eigenvalue weighted by Crippen LogP contribution is -2.52. The number of ether oxygens (including phenoxy) is 2. The molecule has 4 nitrogen and oxygen atoms in total. The van der Waals surface area contributed by atoms with Crippen LogP contribution in [0, 0.1) is 0 Å². The molecule has 1 fully saturated rings. The number of morpholine rings is 1. The fourth-order valence-electron chi connectivity index (χ4n) is 1.65. The highest BCUT2D eigenvalue weighted by Crippen LogP contribution is 2.13. The first-order valence-electron chi connectivity index (χ1n) is 5.73. The van der Waals surface area contributed by atoms with Crippen molar-refractivity contribution < 1.29 is 14.3 Å². The molecule has 1 aliphatic heterocycles. The van der Waals surface area contributed by atoms with E-state index in [9.17, 15) is 4.79 Å². The Morgan fingerprint density at radius 2 is 2.38 bits per heavy atom. The van der Waals surface area contributed by atoms with Gasteiger partial charge in [0.2, 0.25) is 5.91 Å². The zero-order valence-corrected chi connectivity index (χ0v) is 11.5. The van der Waals surface area contributed by atoms with Gasteiger partial charge in [-0.15, -0.1) is 0 Å². The van der Waals surface area contributed by atoms with Crippen LogP contribution in [-0.2, 0) is 14.3 Å². The summed E-state index contributed by atoms with van der Waals surface area (Å²) in [6, 6.07) is 0.146. The molecule has 0 N–H and O–H groups in total. The van der Waals surface area contributed by atoms with E-state index in [1.165, 1.54) is 0 Å². The second-order valence-electron chi connectivity index (χ2n) is 4.06. The van der Waals surface area contributed by atoms with Gasteiger partial charge in [0.15, 0.2) is 0 Å². The SMILES string of the molecule is CCCOCC(=O)N1CC(CBr)OCC1C. The second-order valence-corrected chi connectivity index (χ2v) is 4.70. The van der Waals surface area contributed by atoms with Crippen LogP contribution in [0.4, 0.5) is 0 Å². The number of carbonyl (C=O) groups excluding carboxylic acids is 1. The predicted octanol–water partition coefficient (Wildman–Crippen LogP) is 1.42. The Morgan fingerprint density at radius 3 is 3.00 bits per heavy atom. The monoisotopic (exact) mass is 293 g/mol. The first kappa shape index (κ1) is 13.9. The van der Waals surface area contributed by atoms with Crippen molar-refractivity contribution in [3.63, 3.8) is 0 Å². The van der Waals surface area contributed by atoms with Crippen molar-refractivity contribution in [2.45, 2.75) is 32.4 Å². The van der Waals surface area contributed by atoms with Gasteiger partial charge >= 0.3 is 0 Å². The van der Waals surface area contributed by atoms with E-state index in [0.717, 1.165) is 11.8 Å². The van der Waals surface area contributed by atoms with Gasteiger partial charge < -0.3 is 14.4 Å². The van der Waals surface area contributed by atoms with Crippen LogP contribution in [0.15, 0.2) is 0 Å². The summed E-state index contributed by atoms with van der Waals surface area (Å²) in [5.41, 5.74) is 0. The molecule has 1 aliphatic rings. The van der Waals surface area contributed by atoms with Gasteiger partial charge in [-0.05, 0) is 13.3 Å². The maximum Gasteiger partial charge on any atom is 0.248 e. The summed E-state index contributed by atoms with van der Waals surface area (Å²) >= 11 is 3.38. The molecular formula is C11H20BrNO3. The van der Waals surface area contributed by atoms with Crippen LogP contribution < -0.4 is 0 Å². The number of hydrogen-bond donors (Lipinski definition) is 0. The fraction of sp³-hybridized carbons (Fsp3) is 0.909. The van der Waals surface area contributed by atoms with Crippen LogP contribution in [0.3, 0.4) is 0 Å². The molecular weight excluding hydrogens is 274 g/mol. The summed E-state index contributed by atoms with van der Waals surface area (Å²) in [5.74, 6) is 0.0650. The number of carbonyl (C=O) groups is 1. The smallest absolute Gasteiger partial charge is 0.248 e. The Hall–Kier alpha value is -0.130. The highest BCUT2D eigenvalue weighted by molar-refractivity contribution is 9.09. The van der Waals surface area contributed by atoms with Crippen LogP contribution in [0.1, 0.15) is 20.3 Å². The second kappa shape index (κ2) is 7.25. The Morgan fingerprint density at radius 1 is 1.62 bits per heavy atom. The number of nitrogens with zero attached hydrogens (tertiary/aromatic N) is 1. The topological polar surface area (TPSA) is 38.8 Å². The predicted molar refractivity (Wildman–Crippen MR) is 65.8 cm³/mol. The molecule has 0 aliphatic carbocycles. The van der Waals surface area contributed by atoms with Crippen molar-refractivity contribution in [1.29, 1.82) is 0 Å². The molecule has 2 atom stereocenters. The Bertz CT molecular complexity index is 225. The highest BCUT2D eigenvalue weighted by atomic mass is 79.9. The number of halogens is 1. The molecule has 0 radical (unpaired) electrons. The molecule has 0 aromatic rings.